The summed E-state index contributed by atoms with van der Waals surface area (Å²) >= 11 is 0. The molecule has 1 spiro atoms. The van der Waals surface area contributed by atoms with Crippen LogP contribution in [-0.2, 0) is 6.54 Å². The summed E-state index contributed by atoms with van der Waals surface area (Å²) < 4.78 is 0. The van der Waals surface area contributed by atoms with E-state index in [0.717, 1.165) is 19.6 Å². The van der Waals surface area contributed by atoms with Crippen molar-refractivity contribution in [1.29, 1.82) is 0 Å². The van der Waals surface area contributed by atoms with Gasteiger partial charge in [-0.3, -0.25) is 0 Å². The number of benzene rings is 1. The molecule has 0 saturated heterocycles. The summed E-state index contributed by atoms with van der Waals surface area (Å²) in [4.78, 5) is 2.51. The lowest BCUT2D eigenvalue weighted by molar-refractivity contribution is 0.237. The van der Waals surface area contributed by atoms with E-state index in [0.29, 0.717) is 5.54 Å². The van der Waals surface area contributed by atoms with Crippen LogP contribution in [0.5, 0.6) is 0 Å². The van der Waals surface area contributed by atoms with E-state index in [9.17, 15) is 0 Å². The largest absolute Gasteiger partial charge is 0.366 e. The summed E-state index contributed by atoms with van der Waals surface area (Å²) in [7, 11) is 0. The Balaban J connectivity index is 1.91. The molecule has 1 aliphatic heterocycles. The molecule has 1 fully saturated rings. The van der Waals surface area contributed by atoms with E-state index < -0.39 is 0 Å². The molecule has 0 unspecified atom stereocenters. The summed E-state index contributed by atoms with van der Waals surface area (Å²) in [5, 5.41) is 3.87. The van der Waals surface area contributed by atoms with Gasteiger partial charge in [-0.2, -0.15) is 0 Å². The van der Waals surface area contributed by atoms with Crippen molar-refractivity contribution in [3.05, 3.63) is 42.5 Å². The molecule has 1 N–H and O–H groups in total. The zero-order valence-electron chi connectivity index (χ0n) is 11.7. The normalized spacial score (nSPS) is 21.8. The van der Waals surface area contributed by atoms with Gasteiger partial charge in [-0.25, -0.2) is 0 Å². The molecule has 102 valence electrons. The molecule has 0 aromatic heterocycles. The molecular weight excluding hydrogens is 232 g/mol. The van der Waals surface area contributed by atoms with Gasteiger partial charge < -0.3 is 10.2 Å². The fraction of sp³-hybridized carbons (Fsp3) is 0.529. The van der Waals surface area contributed by atoms with Crippen molar-refractivity contribution in [2.45, 2.75) is 44.2 Å². The molecule has 2 aliphatic rings. The number of nitrogens with zero attached hydrogens (tertiary/aromatic N) is 1. The Morgan fingerprint density at radius 1 is 1.21 bits per heavy atom. The summed E-state index contributed by atoms with van der Waals surface area (Å²) in [6.45, 7) is 7.00. The lowest BCUT2D eigenvalue weighted by Crippen LogP contribution is -2.52. The van der Waals surface area contributed by atoms with Gasteiger partial charge in [0.25, 0.3) is 0 Å². The number of rotatable bonds is 2. The van der Waals surface area contributed by atoms with Crippen LogP contribution in [0, 0.1) is 0 Å². The van der Waals surface area contributed by atoms with Crippen LogP contribution in [0.15, 0.2) is 36.9 Å². The molecule has 3 rings (SSSR count). The molecule has 1 aromatic carbocycles. The predicted molar refractivity (Wildman–Crippen MR) is 81.5 cm³/mol. The molecule has 1 aromatic rings. The van der Waals surface area contributed by atoms with Gasteiger partial charge in [-0.15, -0.1) is 6.58 Å². The number of para-hydroxylation sites is 1. The molecule has 0 atom stereocenters. The van der Waals surface area contributed by atoms with E-state index in [1.165, 1.54) is 43.4 Å². The smallest absolute Gasteiger partial charge is 0.0415 e. The first-order chi connectivity index (χ1) is 9.33. The number of nitrogens with one attached hydrogen (secondary N) is 1. The van der Waals surface area contributed by atoms with Gasteiger partial charge in [-0.05, 0) is 24.5 Å². The summed E-state index contributed by atoms with van der Waals surface area (Å²) in [6, 6.07) is 8.79. The number of fused-ring (bicyclic) bond motifs is 1. The third-order valence-corrected chi connectivity index (χ3v) is 4.64. The Morgan fingerprint density at radius 3 is 2.79 bits per heavy atom. The van der Waals surface area contributed by atoms with Gasteiger partial charge in [0.05, 0.1) is 0 Å². The van der Waals surface area contributed by atoms with Crippen molar-refractivity contribution in [2.24, 2.45) is 0 Å². The van der Waals surface area contributed by atoms with E-state index in [-0.39, 0.29) is 0 Å². The maximum Gasteiger partial charge on any atom is 0.0415 e. The van der Waals surface area contributed by atoms with Crippen molar-refractivity contribution in [1.82, 2.24) is 5.32 Å². The highest BCUT2D eigenvalue weighted by Crippen LogP contribution is 2.34. The van der Waals surface area contributed by atoms with Crippen molar-refractivity contribution < 1.29 is 0 Å². The van der Waals surface area contributed by atoms with E-state index in [4.69, 9.17) is 0 Å². The third kappa shape index (κ3) is 2.55. The zero-order chi connectivity index (χ0) is 13.1. The SMILES string of the molecule is C=CCN1CC2(CCCCC2)NCc2ccccc21. The average Bonchev–Trinajstić information content (AvgIpc) is 2.59. The minimum absolute atomic E-state index is 0.320. The van der Waals surface area contributed by atoms with Crippen molar-refractivity contribution in [2.75, 3.05) is 18.0 Å². The van der Waals surface area contributed by atoms with E-state index in [1.807, 2.05) is 6.08 Å². The van der Waals surface area contributed by atoms with Crippen molar-refractivity contribution in [3.8, 4) is 0 Å². The summed E-state index contributed by atoms with van der Waals surface area (Å²) in [5.41, 5.74) is 3.13. The second kappa shape index (κ2) is 5.38. The Morgan fingerprint density at radius 2 is 2.00 bits per heavy atom. The topological polar surface area (TPSA) is 15.3 Å². The Kier molecular flexibility index (Phi) is 3.61. The van der Waals surface area contributed by atoms with Crippen LogP contribution in [0.4, 0.5) is 5.69 Å². The van der Waals surface area contributed by atoms with E-state index >= 15 is 0 Å². The number of hydrogen-bond donors (Lipinski definition) is 1. The van der Waals surface area contributed by atoms with Gasteiger partial charge in [0.15, 0.2) is 0 Å². The molecule has 2 nitrogen and oxygen atoms in total. The highest BCUT2D eigenvalue weighted by molar-refractivity contribution is 5.55. The number of hydrogen-bond acceptors (Lipinski definition) is 2. The molecule has 0 radical (unpaired) electrons. The predicted octanol–water partition coefficient (Wildman–Crippen LogP) is 3.49. The standard InChI is InChI=1S/C17H24N2/c1-2-12-19-14-17(10-6-3-7-11-17)18-13-15-8-4-5-9-16(15)19/h2,4-5,8-9,18H,1,3,6-7,10-14H2. The summed E-state index contributed by atoms with van der Waals surface area (Å²) in [6.07, 6.45) is 8.79. The lowest BCUT2D eigenvalue weighted by atomic mass is 9.81. The van der Waals surface area contributed by atoms with Crippen molar-refractivity contribution in [3.63, 3.8) is 0 Å². The molecule has 0 amide bonds. The molecule has 19 heavy (non-hydrogen) atoms. The molecule has 1 heterocycles. The third-order valence-electron chi connectivity index (χ3n) is 4.64. The maximum atomic E-state index is 3.93. The van der Waals surface area contributed by atoms with Crippen LogP contribution in [0.3, 0.4) is 0 Å². The van der Waals surface area contributed by atoms with E-state index in [2.05, 4.69) is 41.1 Å². The minimum Gasteiger partial charge on any atom is -0.366 e. The van der Waals surface area contributed by atoms with Gasteiger partial charge >= 0.3 is 0 Å². The van der Waals surface area contributed by atoms with Crippen LogP contribution in [0.25, 0.3) is 0 Å². The molecule has 1 saturated carbocycles. The van der Waals surface area contributed by atoms with Crippen LogP contribution in [-0.4, -0.2) is 18.6 Å². The second-order valence-electron chi connectivity index (χ2n) is 5.99. The lowest BCUT2D eigenvalue weighted by Gasteiger charge is -2.40. The maximum absolute atomic E-state index is 3.93. The van der Waals surface area contributed by atoms with E-state index in [1.54, 1.807) is 0 Å². The summed E-state index contributed by atoms with van der Waals surface area (Å²) in [5.74, 6) is 0. The first-order valence-electron chi connectivity index (χ1n) is 7.52. The van der Waals surface area contributed by atoms with Crippen molar-refractivity contribution >= 4 is 5.69 Å². The Hall–Kier alpha value is -1.28. The quantitative estimate of drug-likeness (QED) is 0.815. The average molecular weight is 256 g/mol. The fourth-order valence-corrected chi connectivity index (χ4v) is 3.64. The van der Waals surface area contributed by atoms with Crippen LogP contribution in [0.1, 0.15) is 37.7 Å². The van der Waals surface area contributed by atoms with Crippen LogP contribution >= 0.6 is 0 Å². The number of anilines is 1. The minimum atomic E-state index is 0.320. The molecule has 0 bridgehead atoms. The Labute approximate surface area is 116 Å². The monoisotopic (exact) mass is 256 g/mol. The highest BCUT2D eigenvalue weighted by Gasteiger charge is 2.35. The molecular formula is C17H24N2. The van der Waals surface area contributed by atoms with Gasteiger partial charge in [0.1, 0.15) is 0 Å². The highest BCUT2D eigenvalue weighted by atomic mass is 15.2. The van der Waals surface area contributed by atoms with Gasteiger partial charge in [0, 0.05) is 30.9 Å². The first kappa shape index (κ1) is 12.7. The van der Waals surface area contributed by atoms with Gasteiger partial charge in [-0.1, -0.05) is 43.5 Å². The second-order valence-corrected chi connectivity index (χ2v) is 5.99. The van der Waals surface area contributed by atoms with Crippen LogP contribution in [0.2, 0.25) is 0 Å². The molecule has 2 heteroatoms. The zero-order valence-corrected chi connectivity index (χ0v) is 11.7. The fourth-order valence-electron chi connectivity index (χ4n) is 3.64. The Bertz CT molecular complexity index is 446. The van der Waals surface area contributed by atoms with Gasteiger partial charge in [0.2, 0.25) is 0 Å². The first-order valence-corrected chi connectivity index (χ1v) is 7.52. The van der Waals surface area contributed by atoms with Crippen LogP contribution < -0.4 is 10.2 Å². The molecule has 1 aliphatic carbocycles.